The lowest BCUT2D eigenvalue weighted by Crippen LogP contribution is -2.52. The molecule has 2 aliphatic heterocycles. The number of nitrogens with zero attached hydrogens (tertiary/aromatic N) is 4. The Morgan fingerprint density at radius 1 is 0.896 bits per heavy atom. The third-order valence-electron chi connectivity index (χ3n) is 10.4. The predicted molar refractivity (Wildman–Crippen MR) is 175 cm³/mol. The second-order valence-electron chi connectivity index (χ2n) is 13.8. The van der Waals surface area contributed by atoms with Crippen molar-refractivity contribution in [3.05, 3.63) is 71.7 Å². The molecule has 2 aliphatic carbocycles. The van der Waals surface area contributed by atoms with Crippen molar-refractivity contribution in [3.63, 3.8) is 0 Å². The highest BCUT2D eigenvalue weighted by Crippen LogP contribution is 2.54. The van der Waals surface area contributed by atoms with Crippen molar-refractivity contribution in [3.8, 4) is 23.1 Å². The van der Waals surface area contributed by atoms with Crippen molar-refractivity contribution in [2.75, 3.05) is 7.11 Å². The van der Waals surface area contributed by atoms with Crippen LogP contribution >= 0.6 is 0 Å². The molecule has 0 radical (unpaired) electrons. The summed E-state index contributed by atoms with van der Waals surface area (Å²) in [6.45, 7) is 3.83. The highest BCUT2D eigenvalue weighted by molar-refractivity contribution is 5.88. The van der Waals surface area contributed by atoms with Crippen LogP contribution in [0.2, 0.25) is 0 Å². The van der Waals surface area contributed by atoms with Gasteiger partial charge in [0, 0.05) is 23.2 Å². The molecule has 246 valence electrons. The van der Waals surface area contributed by atoms with Gasteiger partial charge in [-0.25, -0.2) is 19.6 Å². The minimum atomic E-state index is -0.892. The lowest BCUT2D eigenvalue weighted by Gasteiger charge is -2.31. The maximum Gasteiger partial charge on any atom is 0.408 e. The SMILES string of the molecule is COC(=O)N[C@H](C(=O)N1[C@@H]2C[C@H]2C[C@H]1c1ncc(-c2ccc3cc(C#Cc4cnc(C5CC6CC6N5C(=O)O)[nH]4)ccc3c2)[nH]1)C(C)C. The van der Waals surface area contributed by atoms with E-state index in [-0.39, 0.29) is 36.0 Å². The number of imidazole rings is 2. The monoisotopic (exact) mass is 647 g/mol. The number of methoxy groups -OCH3 is 1. The second kappa shape index (κ2) is 11.4. The van der Waals surface area contributed by atoms with Crippen LogP contribution in [0.4, 0.5) is 9.59 Å². The largest absolute Gasteiger partial charge is 0.465 e. The van der Waals surface area contributed by atoms with E-state index < -0.39 is 18.2 Å². The Morgan fingerprint density at radius 3 is 2.29 bits per heavy atom. The number of aromatic nitrogens is 4. The number of likely N-dealkylation sites (tertiary alicyclic amines) is 2. The van der Waals surface area contributed by atoms with Crippen LogP contribution in [0.25, 0.3) is 22.0 Å². The van der Waals surface area contributed by atoms with Crippen molar-refractivity contribution in [2.45, 2.75) is 69.7 Å². The van der Waals surface area contributed by atoms with Crippen LogP contribution in [0.3, 0.4) is 0 Å². The van der Waals surface area contributed by atoms with Crippen molar-refractivity contribution < 1.29 is 24.2 Å². The third kappa shape index (κ3) is 5.33. The van der Waals surface area contributed by atoms with Crippen LogP contribution in [-0.2, 0) is 9.53 Å². The van der Waals surface area contributed by atoms with E-state index in [1.165, 1.54) is 12.0 Å². The average molecular weight is 648 g/mol. The lowest BCUT2D eigenvalue weighted by atomic mass is 10.0. The number of benzene rings is 2. The molecule has 2 aromatic heterocycles. The van der Waals surface area contributed by atoms with Crippen LogP contribution in [0.1, 0.15) is 74.5 Å². The molecule has 8 rings (SSSR count). The number of amides is 3. The number of hydrogen-bond acceptors (Lipinski definition) is 6. The second-order valence-corrected chi connectivity index (χ2v) is 13.8. The minimum Gasteiger partial charge on any atom is -0.465 e. The van der Waals surface area contributed by atoms with Gasteiger partial charge < -0.3 is 30.0 Å². The smallest absolute Gasteiger partial charge is 0.408 e. The molecule has 4 aromatic rings. The minimum absolute atomic E-state index is 0.0939. The summed E-state index contributed by atoms with van der Waals surface area (Å²) in [6, 6.07) is 11.5. The molecule has 2 saturated heterocycles. The van der Waals surface area contributed by atoms with E-state index in [0.717, 1.165) is 59.1 Å². The summed E-state index contributed by atoms with van der Waals surface area (Å²) in [7, 11) is 1.30. The fourth-order valence-electron chi connectivity index (χ4n) is 7.71. The predicted octanol–water partition coefficient (Wildman–Crippen LogP) is 5.21. The van der Waals surface area contributed by atoms with Gasteiger partial charge in [0.1, 0.15) is 23.4 Å². The number of rotatable bonds is 6. The number of hydrogen-bond donors (Lipinski definition) is 4. The van der Waals surface area contributed by atoms with E-state index in [0.29, 0.717) is 23.4 Å². The average Bonchev–Trinajstić information content (AvgIpc) is 3.68. The molecular weight excluding hydrogens is 610 g/mol. The molecule has 12 heteroatoms. The summed E-state index contributed by atoms with van der Waals surface area (Å²) in [5.74, 6) is 8.45. The van der Waals surface area contributed by atoms with Crippen LogP contribution < -0.4 is 5.32 Å². The van der Waals surface area contributed by atoms with Crippen molar-refractivity contribution in [1.29, 1.82) is 0 Å². The van der Waals surface area contributed by atoms with Crippen LogP contribution in [0, 0.1) is 29.6 Å². The molecule has 2 saturated carbocycles. The Kier molecular flexibility index (Phi) is 7.16. The molecule has 0 bridgehead atoms. The maximum atomic E-state index is 13.7. The van der Waals surface area contributed by atoms with E-state index in [1.807, 2.05) is 49.2 Å². The number of nitrogens with one attached hydrogen (secondary N) is 3. The molecule has 0 spiro atoms. The molecule has 48 heavy (non-hydrogen) atoms. The van der Waals surface area contributed by atoms with Gasteiger partial charge in [-0.1, -0.05) is 38.0 Å². The highest BCUT2D eigenvalue weighted by atomic mass is 16.5. The molecular formula is C36H37N7O5. The van der Waals surface area contributed by atoms with Crippen molar-refractivity contribution >= 4 is 28.9 Å². The Balaban J connectivity index is 0.972. The molecule has 3 unspecified atom stereocenters. The first-order valence-electron chi connectivity index (χ1n) is 16.5. The van der Waals surface area contributed by atoms with Gasteiger partial charge in [0.25, 0.3) is 0 Å². The van der Waals surface area contributed by atoms with Gasteiger partial charge in [0.05, 0.1) is 37.3 Å². The fraction of sp³-hybridized carbons (Fsp3) is 0.417. The first kappa shape index (κ1) is 30.1. The molecule has 4 aliphatic rings. The zero-order chi connectivity index (χ0) is 33.3. The van der Waals surface area contributed by atoms with Crippen molar-refractivity contribution in [2.24, 2.45) is 17.8 Å². The Bertz CT molecular complexity index is 2010. The zero-order valence-corrected chi connectivity index (χ0v) is 26.9. The van der Waals surface area contributed by atoms with E-state index in [9.17, 15) is 19.5 Å². The number of carbonyl (C=O) groups is 3. The summed E-state index contributed by atoms with van der Waals surface area (Å²) >= 11 is 0. The Hall–Kier alpha value is -5.31. The Morgan fingerprint density at radius 2 is 1.56 bits per heavy atom. The summed E-state index contributed by atoms with van der Waals surface area (Å²) in [4.78, 5) is 56.8. The Labute approximate surface area is 277 Å². The molecule has 2 aromatic carbocycles. The third-order valence-corrected chi connectivity index (χ3v) is 10.4. The van der Waals surface area contributed by atoms with Gasteiger partial charge in [0.2, 0.25) is 5.91 Å². The van der Waals surface area contributed by atoms with E-state index in [4.69, 9.17) is 9.72 Å². The van der Waals surface area contributed by atoms with Gasteiger partial charge >= 0.3 is 12.2 Å². The number of aromatic amines is 2. The fourth-order valence-corrected chi connectivity index (χ4v) is 7.71. The molecule has 3 amide bonds. The summed E-state index contributed by atoms with van der Waals surface area (Å²) in [5, 5.41) is 14.5. The molecule has 7 atom stereocenters. The van der Waals surface area contributed by atoms with Gasteiger partial charge in [-0.2, -0.15) is 0 Å². The van der Waals surface area contributed by atoms with E-state index in [1.54, 1.807) is 6.20 Å². The first-order chi connectivity index (χ1) is 23.2. The highest BCUT2D eigenvalue weighted by Gasteiger charge is 2.57. The van der Waals surface area contributed by atoms with Gasteiger partial charge in [-0.15, -0.1) is 0 Å². The molecule has 4 fully saturated rings. The zero-order valence-electron chi connectivity index (χ0n) is 26.9. The number of carbonyl (C=O) groups excluding carboxylic acids is 2. The number of carboxylic acid groups (broad SMARTS) is 1. The van der Waals surface area contributed by atoms with E-state index in [2.05, 4.69) is 44.2 Å². The number of piperidine rings is 2. The van der Waals surface area contributed by atoms with Crippen LogP contribution in [0.15, 0.2) is 48.8 Å². The van der Waals surface area contributed by atoms with Gasteiger partial charge in [0.15, 0.2) is 0 Å². The molecule has 4 N–H and O–H groups in total. The van der Waals surface area contributed by atoms with Crippen molar-refractivity contribution in [1.82, 2.24) is 35.1 Å². The van der Waals surface area contributed by atoms with Crippen LogP contribution in [0.5, 0.6) is 0 Å². The molecule has 4 heterocycles. The standard InChI is InChI=1S/C36H37N7O5/c1-18(2)31(41-35(45)48-3)34(44)42-27-12-23(27)14-29(42)33-38-17-26(40-33)22-8-7-20-10-19(4-6-21(20)11-22)5-9-25-16-37-32(39-25)30-15-24-13-28(24)43(30)36(46)47/h4,6-8,10-11,16-18,23-24,27-31H,12-15H2,1-3H3,(H,37,39)(H,38,40)(H,41,45)(H,46,47)/t23-,24?,27+,28?,29-,30?,31-/m0/s1. The molecule has 12 nitrogen and oxygen atoms in total. The number of alkyl carbamates (subject to hydrolysis) is 1. The first-order valence-corrected chi connectivity index (χ1v) is 16.5. The summed E-state index contributed by atoms with van der Waals surface area (Å²) < 4.78 is 4.78. The topological polar surface area (TPSA) is 157 Å². The summed E-state index contributed by atoms with van der Waals surface area (Å²) in [6.07, 6.45) is 5.56. The normalized spacial score (nSPS) is 25.7. The summed E-state index contributed by atoms with van der Waals surface area (Å²) in [5.41, 5.74) is 3.36. The lowest BCUT2D eigenvalue weighted by molar-refractivity contribution is -0.136. The van der Waals surface area contributed by atoms with Crippen LogP contribution in [-0.4, -0.2) is 78.2 Å². The number of H-pyrrole nitrogens is 2. The van der Waals surface area contributed by atoms with E-state index >= 15 is 0 Å². The van der Waals surface area contributed by atoms with Gasteiger partial charge in [-0.3, -0.25) is 9.69 Å². The number of fused-ring (bicyclic) bond motifs is 3. The maximum absolute atomic E-state index is 13.7. The van der Waals surface area contributed by atoms with Gasteiger partial charge in [-0.05, 0) is 78.3 Å². The number of ether oxygens (including phenoxy) is 1. The quantitative estimate of drug-likeness (QED) is 0.209.